The highest BCUT2D eigenvalue weighted by Gasteiger charge is 2.37. The maximum absolute atomic E-state index is 13.3. The number of urea groups is 1. The van der Waals surface area contributed by atoms with Crippen LogP contribution >= 0.6 is 46.4 Å². The second-order valence-electron chi connectivity index (χ2n) is 8.34. The molecule has 0 bridgehead atoms. The van der Waals surface area contributed by atoms with Crippen molar-refractivity contribution in [3.8, 4) is 11.5 Å². The molecular weight excluding hydrogens is 604 g/mol. The van der Waals surface area contributed by atoms with Crippen molar-refractivity contribution in [2.75, 3.05) is 23.9 Å². The number of hydrogen-bond donors (Lipinski definition) is 2. The second-order valence-corrected chi connectivity index (χ2v) is 9.97. The monoisotopic (exact) mass is 621 g/mol. The van der Waals surface area contributed by atoms with E-state index in [1.54, 1.807) is 25.1 Å². The number of ether oxygens (including phenoxy) is 2. The van der Waals surface area contributed by atoms with Gasteiger partial charge in [-0.2, -0.15) is 0 Å². The van der Waals surface area contributed by atoms with Gasteiger partial charge in [0.25, 0.3) is 17.7 Å². The largest absolute Gasteiger partial charge is 0.493 e. The summed E-state index contributed by atoms with van der Waals surface area (Å²) in [6.07, 6.45) is 1.26. The highest BCUT2D eigenvalue weighted by molar-refractivity contribution is 6.42. The summed E-state index contributed by atoms with van der Waals surface area (Å²) in [6, 6.07) is 11.3. The molecule has 0 saturated carbocycles. The number of barbiturate groups is 1. The van der Waals surface area contributed by atoms with E-state index < -0.39 is 30.4 Å². The van der Waals surface area contributed by atoms with E-state index in [0.717, 1.165) is 4.90 Å². The molecule has 0 radical (unpaired) electrons. The number of amides is 5. The topological polar surface area (TPSA) is 114 Å². The summed E-state index contributed by atoms with van der Waals surface area (Å²) in [4.78, 5) is 51.6. The van der Waals surface area contributed by atoms with Gasteiger partial charge in [-0.05, 0) is 66.6 Å². The summed E-state index contributed by atoms with van der Waals surface area (Å²) in [5.41, 5.74) is 1.10. The number of halogens is 4. The van der Waals surface area contributed by atoms with E-state index >= 15 is 0 Å². The Kier molecular flexibility index (Phi) is 8.90. The molecule has 1 aliphatic rings. The molecule has 206 valence electrons. The Balaban J connectivity index is 1.57. The molecule has 9 nitrogen and oxygen atoms in total. The quantitative estimate of drug-likeness (QED) is 0.236. The third-order valence-corrected chi connectivity index (χ3v) is 7.12. The highest BCUT2D eigenvalue weighted by Crippen LogP contribution is 2.38. The molecule has 0 atom stereocenters. The summed E-state index contributed by atoms with van der Waals surface area (Å²) in [5.74, 6) is -2.06. The van der Waals surface area contributed by atoms with Gasteiger partial charge in [0.15, 0.2) is 18.1 Å². The number of carbonyl (C=O) groups is 4. The lowest BCUT2D eigenvalue weighted by Gasteiger charge is -2.27. The van der Waals surface area contributed by atoms with Crippen LogP contribution in [0.3, 0.4) is 0 Å². The van der Waals surface area contributed by atoms with Crippen molar-refractivity contribution in [2.24, 2.45) is 0 Å². The normalized spacial score (nSPS) is 14.3. The average molecular weight is 623 g/mol. The minimum atomic E-state index is -0.906. The van der Waals surface area contributed by atoms with Crippen LogP contribution in [0.15, 0.2) is 54.1 Å². The molecule has 0 spiro atoms. The number of rotatable bonds is 7. The van der Waals surface area contributed by atoms with Gasteiger partial charge in [-0.25, -0.2) is 9.69 Å². The first-order valence-corrected chi connectivity index (χ1v) is 12.9. The fraction of sp³-hybridized carbons (Fsp3) is 0.111. The molecule has 0 unspecified atom stereocenters. The van der Waals surface area contributed by atoms with E-state index in [2.05, 4.69) is 10.6 Å². The van der Waals surface area contributed by atoms with Gasteiger partial charge in [0.05, 0.1) is 27.9 Å². The smallest absolute Gasteiger partial charge is 0.335 e. The molecule has 0 aromatic heterocycles. The summed E-state index contributed by atoms with van der Waals surface area (Å²) < 4.78 is 10.9. The molecule has 40 heavy (non-hydrogen) atoms. The van der Waals surface area contributed by atoms with Crippen LogP contribution in [0.4, 0.5) is 16.2 Å². The fourth-order valence-electron chi connectivity index (χ4n) is 3.75. The van der Waals surface area contributed by atoms with E-state index in [1.807, 2.05) is 0 Å². The lowest BCUT2D eigenvalue weighted by atomic mass is 10.1. The predicted molar refractivity (Wildman–Crippen MR) is 154 cm³/mol. The van der Waals surface area contributed by atoms with E-state index in [1.165, 1.54) is 43.5 Å². The maximum atomic E-state index is 13.3. The molecule has 1 heterocycles. The number of nitrogens with zero attached hydrogens (tertiary/aromatic N) is 1. The molecule has 4 rings (SSSR count). The lowest BCUT2D eigenvalue weighted by molar-refractivity contribution is -0.122. The Bertz CT molecular complexity index is 1590. The number of nitrogens with one attached hydrogen (secondary N) is 2. The van der Waals surface area contributed by atoms with Crippen LogP contribution < -0.4 is 25.0 Å². The molecule has 3 aromatic rings. The van der Waals surface area contributed by atoms with Gasteiger partial charge in [-0.3, -0.25) is 19.7 Å². The van der Waals surface area contributed by atoms with Gasteiger partial charge in [-0.1, -0.05) is 52.5 Å². The third kappa shape index (κ3) is 6.18. The minimum Gasteiger partial charge on any atom is -0.493 e. The van der Waals surface area contributed by atoms with Crippen molar-refractivity contribution in [3.63, 3.8) is 0 Å². The number of methoxy groups -OCH3 is 1. The van der Waals surface area contributed by atoms with Crippen molar-refractivity contribution in [1.29, 1.82) is 0 Å². The SMILES string of the molecule is COc1cc(/C=C2/C(=O)NC(=O)N(c3cccc(Cl)c3C)C2=O)cc(Cl)c1OCC(=O)Nc1ccc(Cl)c(Cl)c1. The first-order chi connectivity index (χ1) is 19.0. The Morgan fingerprint density at radius 3 is 2.42 bits per heavy atom. The molecule has 1 aliphatic heterocycles. The van der Waals surface area contributed by atoms with Crippen LogP contribution in [0.25, 0.3) is 6.08 Å². The van der Waals surface area contributed by atoms with E-state index in [9.17, 15) is 19.2 Å². The summed E-state index contributed by atoms with van der Waals surface area (Å²) in [7, 11) is 1.35. The zero-order valence-electron chi connectivity index (χ0n) is 20.8. The van der Waals surface area contributed by atoms with Crippen molar-refractivity contribution >= 4 is 87.6 Å². The van der Waals surface area contributed by atoms with Gasteiger partial charge in [-0.15, -0.1) is 0 Å². The molecule has 3 aromatic carbocycles. The number of anilines is 2. The van der Waals surface area contributed by atoms with Crippen molar-refractivity contribution < 1.29 is 28.7 Å². The van der Waals surface area contributed by atoms with Gasteiger partial charge in [0.2, 0.25) is 0 Å². The van der Waals surface area contributed by atoms with Crippen LogP contribution in [0.5, 0.6) is 11.5 Å². The third-order valence-electron chi connectivity index (χ3n) is 5.70. The summed E-state index contributed by atoms with van der Waals surface area (Å²) in [5, 5.41) is 5.77. The highest BCUT2D eigenvalue weighted by atomic mass is 35.5. The summed E-state index contributed by atoms with van der Waals surface area (Å²) >= 11 is 24.4. The van der Waals surface area contributed by atoms with Crippen LogP contribution in [0.1, 0.15) is 11.1 Å². The van der Waals surface area contributed by atoms with Gasteiger partial charge in [0, 0.05) is 10.7 Å². The van der Waals surface area contributed by atoms with Crippen LogP contribution in [-0.2, 0) is 14.4 Å². The average Bonchev–Trinajstić information content (AvgIpc) is 2.90. The molecule has 1 saturated heterocycles. The zero-order chi connectivity index (χ0) is 29.1. The van der Waals surface area contributed by atoms with Crippen molar-refractivity contribution in [2.45, 2.75) is 6.92 Å². The molecule has 1 fully saturated rings. The Labute approximate surface area is 248 Å². The molecule has 5 amide bonds. The van der Waals surface area contributed by atoms with Crippen molar-refractivity contribution in [1.82, 2.24) is 5.32 Å². The first kappa shape index (κ1) is 29.2. The second kappa shape index (κ2) is 12.2. The van der Waals surface area contributed by atoms with Gasteiger partial charge >= 0.3 is 6.03 Å². The molecule has 0 aliphatic carbocycles. The Morgan fingerprint density at radius 2 is 1.73 bits per heavy atom. The number of imide groups is 2. The first-order valence-electron chi connectivity index (χ1n) is 11.4. The minimum absolute atomic E-state index is 0.0378. The predicted octanol–water partition coefficient (Wildman–Crippen LogP) is 6.30. The number of hydrogen-bond acceptors (Lipinski definition) is 6. The number of carbonyl (C=O) groups excluding carboxylic acids is 4. The van der Waals surface area contributed by atoms with E-state index in [-0.39, 0.29) is 32.8 Å². The van der Waals surface area contributed by atoms with Crippen LogP contribution in [0.2, 0.25) is 20.1 Å². The standard InChI is InChI=1S/C27H19Cl4N3O6/c1-13-17(28)4-3-5-21(13)34-26(37)16(25(36)33-27(34)38)8-14-9-20(31)24(22(10-14)39-2)40-12-23(35)32-15-6-7-18(29)19(30)11-15/h3-11H,12H2,1-2H3,(H,32,35)(H,33,36,38)/b16-8-. The van der Waals surface area contributed by atoms with E-state index in [4.69, 9.17) is 55.9 Å². The molecular formula is C27H19Cl4N3O6. The Morgan fingerprint density at radius 1 is 0.975 bits per heavy atom. The fourth-order valence-corrected chi connectivity index (χ4v) is 4.49. The van der Waals surface area contributed by atoms with Gasteiger partial charge in [0.1, 0.15) is 5.57 Å². The Hall–Kier alpha value is -3.76. The zero-order valence-corrected chi connectivity index (χ0v) is 23.8. The van der Waals surface area contributed by atoms with Gasteiger partial charge < -0.3 is 14.8 Å². The maximum Gasteiger partial charge on any atom is 0.335 e. The lowest BCUT2D eigenvalue weighted by Crippen LogP contribution is -2.54. The van der Waals surface area contributed by atoms with Crippen LogP contribution in [-0.4, -0.2) is 37.5 Å². The van der Waals surface area contributed by atoms with Crippen LogP contribution in [0, 0.1) is 6.92 Å². The van der Waals surface area contributed by atoms with E-state index in [0.29, 0.717) is 26.9 Å². The molecule has 2 N–H and O–H groups in total. The van der Waals surface area contributed by atoms with Crippen molar-refractivity contribution in [3.05, 3.63) is 85.3 Å². The number of benzene rings is 3. The summed E-state index contributed by atoms with van der Waals surface area (Å²) in [6.45, 7) is 1.22. The molecule has 13 heteroatoms.